The van der Waals surface area contributed by atoms with Crippen molar-refractivity contribution in [3.63, 3.8) is 0 Å². The van der Waals surface area contributed by atoms with Crippen LogP contribution in [0.5, 0.6) is 0 Å². The lowest BCUT2D eigenvalue weighted by molar-refractivity contribution is 0.101. The van der Waals surface area contributed by atoms with Crippen molar-refractivity contribution in [2.75, 3.05) is 11.4 Å². The summed E-state index contributed by atoms with van der Waals surface area (Å²) in [5, 5.41) is 8.00. The first-order valence-electron chi connectivity index (χ1n) is 5.97. The largest absolute Gasteiger partial charge is 0.362 e. The number of anilines is 1. The van der Waals surface area contributed by atoms with Gasteiger partial charge in [-0.15, -0.1) is 10.2 Å². The maximum absolute atomic E-state index is 11.6. The number of para-hydroxylation sites is 1. The van der Waals surface area contributed by atoms with Gasteiger partial charge in [0.2, 0.25) is 0 Å². The van der Waals surface area contributed by atoms with E-state index < -0.39 is 0 Å². The fourth-order valence-corrected chi connectivity index (χ4v) is 2.32. The van der Waals surface area contributed by atoms with Crippen molar-refractivity contribution in [1.29, 1.82) is 0 Å². The van der Waals surface area contributed by atoms with Crippen molar-refractivity contribution in [3.8, 4) is 0 Å². The number of fused-ring (bicyclic) bond motifs is 1. The fraction of sp³-hybridized carbons (Fsp3) is 0.308. The third-order valence-electron chi connectivity index (χ3n) is 3.26. The molecule has 0 radical (unpaired) electrons. The Labute approximate surface area is 105 Å². The number of hydrogen-bond acceptors (Lipinski definition) is 4. The summed E-state index contributed by atoms with van der Waals surface area (Å²) < 4.78 is 2.05. The van der Waals surface area contributed by atoms with Crippen molar-refractivity contribution in [2.24, 2.45) is 0 Å². The quantitative estimate of drug-likeness (QED) is 0.749. The minimum atomic E-state index is 0.0950. The van der Waals surface area contributed by atoms with Crippen LogP contribution < -0.4 is 4.90 Å². The third-order valence-corrected chi connectivity index (χ3v) is 3.26. The first kappa shape index (κ1) is 11.0. The zero-order valence-corrected chi connectivity index (χ0v) is 10.2. The second-order valence-electron chi connectivity index (χ2n) is 4.44. The van der Waals surface area contributed by atoms with Gasteiger partial charge in [-0.3, -0.25) is 4.79 Å². The van der Waals surface area contributed by atoms with Crippen LogP contribution in [0.15, 0.2) is 30.6 Å². The molecule has 1 aliphatic heterocycles. The van der Waals surface area contributed by atoms with Crippen LogP contribution in [0.1, 0.15) is 23.1 Å². The monoisotopic (exact) mass is 242 g/mol. The number of rotatable bonds is 2. The van der Waals surface area contributed by atoms with Gasteiger partial charge in [-0.25, -0.2) is 0 Å². The second kappa shape index (κ2) is 4.25. The smallest absolute Gasteiger partial charge is 0.161 e. The molecule has 18 heavy (non-hydrogen) atoms. The summed E-state index contributed by atoms with van der Waals surface area (Å²) in [6, 6.07) is 7.72. The van der Waals surface area contributed by atoms with Crippen molar-refractivity contribution in [2.45, 2.75) is 20.0 Å². The Morgan fingerprint density at radius 2 is 2.11 bits per heavy atom. The summed E-state index contributed by atoms with van der Waals surface area (Å²) in [6.45, 7) is 4.03. The minimum absolute atomic E-state index is 0.0950. The molecule has 0 saturated heterocycles. The standard InChI is InChI=1S/C13H14N4O/c1-10(18)11-4-2-3-5-12(11)16-6-7-17-9-14-15-13(17)8-16/h2-5,9H,6-8H2,1H3. The molecule has 0 bridgehead atoms. The normalized spacial score (nSPS) is 14.4. The number of Topliss-reactive ketones (excluding diaryl/α,β-unsaturated/α-hetero) is 1. The minimum Gasteiger partial charge on any atom is -0.362 e. The molecule has 0 fully saturated rings. The van der Waals surface area contributed by atoms with Crippen LogP contribution in [-0.2, 0) is 13.1 Å². The van der Waals surface area contributed by atoms with Gasteiger partial charge in [0, 0.05) is 24.3 Å². The molecule has 0 aliphatic carbocycles. The molecule has 0 atom stereocenters. The molecule has 92 valence electrons. The van der Waals surface area contributed by atoms with Crippen LogP contribution in [-0.4, -0.2) is 27.1 Å². The highest BCUT2D eigenvalue weighted by molar-refractivity contribution is 5.99. The molecule has 0 unspecified atom stereocenters. The third kappa shape index (κ3) is 1.77. The lowest BCUT2D eigenvalue weighted by atomic mass is 10.1. The molecule has 0 saturated carbocycles. The van der Waals surface area contributed by atoms with Crippen LogP contribution in [0.25, 0.3) is 0 Å². The summed E-state index contributed by atoms with van der Waals surface area (Å²) in [4.78, 5) is 13.8. The highest BCUT2D eigenvalue weighted by Crippen LogP contribution is 2.24. The molecule has 0 spiro atoms. The summed E-state index contributed by atoms with van der Waals surface area (Å²) in [5.74, 6) is 1.04. The first-order chi connectivity index (χ1) is 8.75. The number of aromatic nitrogens is 3. The Morgan fingerprint density at radius 3 is 2.94 bits per heavy atom. The number of hydrogen-bond donors (Lipinski definition) is 0. The lowest BCUT2D eigenvalue weighted by Gasteiger charge is -2.30. The van der Waals surface area contributed by atoms with E-state index in [9.17, 15) is 4.79 Å². The average molecular weight is 242 g/mol. The Bertz CT molecular complexity index is 590. The molecule has 0 N–H and O–H groups in total. The predicted octanol–water partition coefficient (Wildman–Crippen LogP) is 1.50. The van der Waals surface area contributed by atoms with Gasteiger partial charge in [0.15, 0.2) is 11.6 Å². The average Bonchev–Trinajstić information content (AvgIpc) is 2.85. The van der Waals surface area contributed by atoms with E-state index in [4.69, 9.17) is 0 Å². The van der Waals surface area contributed by atoms with Crippen molar-refractivity contribution < 1.29 is 4.79 Å². The predicted molar refractivity (Wildman–Crippen MR) is 67.5 cm³/mol. The zero-order chi connectivity index (χ0) is 12.5. The molecule has 5 heteroatoms. The summed E-state index contributed by atoms with van der Waals surface area (Å²) in [7, 11) is 0. The molecule has 5 nitrogen and oxygen atoms in total. The Kier molecular flexibility index (Phi) is 2.59. The number of carbonyl (C=O) groups excluding carboxylic acids is 1. The van der Waals surface area contributed by atoms with Crippen LogP contribution in [0.2, 0.25) is 0 Å². The number of ketones is 1. The highest BCUT2D eigenvalue weighted by atomic mass is 16.1. The van der Waals surface area contributed by atoms with Crippen molar-refractivity contribution in [3.05, 3.63) is 42.0 Å². The number of carbonyl (C=O) groups is 1. The van der Waals surface area contributed by atoms with E-state index in [1.807, 2.05) is 28.8 Å². The van der Waals surface area contributed by atoms with Gasteiger partial charge < -0.3 is 9.47 Å². The van der Waals surface area contributed by atoms with Crippen molar-refractivity contribution >= 4 is 11.5 Å². The number of benzene rings is 1. The summed E-state index contributed by atoms with van der Waals surface area (Å²) in [6.07, 6.45) is 1.75. The van der Waals surface area contributed by atoms with Gasteiger partial charge in [-0.05, 0) is 19.1 Å². The fourth-order valence-electron chi connectivity index (χ4n) is 2.32. The van der Waals surface area contributed by atoms with E-state index in [2.05, 4.69) is 15.1 Å². The Hall–Kier alpha value is -2.17. The lowest BCUT2D eigenvalue weighted by Crippen LogP contribution is -2.34. The van der Waals surface area contributed by atoms with Gasteiger partial charge in [0.25, 0.3) is 0 Å². The van der Waals surface area contributed by atoms with Gasteiger partial charge in [0.05, 0.1) is 6.54 Å². The van der Waals surface area contributed by atoms with Gasteiger partial charge in [0.1, 0.15) is 6.33 Å². The maximum atomic E-state index is 11.6. The SMILES string of the molecule is CC(=O)c1ccccc1N1CCn2cnnc2C1. The van der Waals surface area contributed by atoms with E-state index in [0.29, 0.717) is 6.54 Å². The van der Waals surface area contributed by atoms with Crippen LogP contribution in [0.3, 0.4) is 0 Å². The maximum Gasteiger partial charge on any atom is 0.161 e. The molecule has 1 aromatic carbocycles. The van der Waals surface area contributed by atoms with Crippen molar-refractivity contribution in [1.82, 2.24) is 14.8 Å². The first-order valence-corrected chi connectivity index (χ1v) is 5.97. The zero-order valence-electron chi connectivity index (χ0n) is 10.2. The molecule has 2 heterocycles. The summed E-state index contributed by atoms with van der Waals surface area (Å²) >= 11 is 0. The van der Waals surface area contributed by atoms with E-state index in [1.54, 1.807) is 13.3 Å². The molecule has 1 aromatic heterocycles. The summed E-state index contributed by atoms with van der Waals surface area (Å²) in [5.41, 5.74) is 1.75. The molecule has 3 rings (SSSR count). The molecular weight excluding hydrogens is 228 g/mol. The molecule has 0 amide bonds. The second-order valence-corrected chi connectivity index (χ2v) is 4.44. The Balaban J connectivity index is 1.95. The topological polar surface area (TPSA) is 51.0 Å². The van der Waals surface area contributed by atoms with Gasteiger partial charge in [-0.2, -0.15) is 0 Å². The van der Waals surface area contributed by atoms with Gasteiger partial charge in [-0.1, -0.05) is 12.1 Å². The van der Waals surface area contributed by atoms with E-state index in [-0.39, 0.29) is 5.78 Å². The molecule has 2 aromatic rings. The van der Waals surface area contributed by atoms with E-state index in [0.717, 1.165) is 30.2 Å². The van der Waals surface area contributed by atoms with Crippen LogP contribution in [0, 0.1) is 0 Å². The van der Waals surface area contributed by atoms with Gasteiger partial charge >= 0.3 is 0 Å². The van der Waals surface area contributed by atoms with E-state index >= 15 is 0 Å². The Morgan fingerprint density at radius 1 is 1.28 bits per heavy atom. The molecular formula is C13H14N4O. The van der Waals surface area contributed by atoms with Crippen LogP contribution in [0.4, 0.5) is 5.69 Å². The van der Waals surface area contributed by atoms with E-state index in [1.165, 1.54) is 0 Å². The van der Waals surface area contributed by atoms with Crippen LogP contribution >= 0.6 is 0 Å². The highest BCUT2D eigenvalue weighted by Gasteiger charge is 2.20. The number of nitrogens with zero attached hydrogens (tertiary/aromatic N) is 4. The molecule has 1 aliphatic rings.